The van der Waals surface area contributed by atoms with Gasteiger partial charge in [0.2, 0.25) is 0 Å². The van der Waals surface area contributed by atoms with E-state index in [1.165, 1.54) is 8.96 Å². The fraction of sp³-hybridized carbons (Fsp3) is 0.190. The molecule has 1 aliphatic heterocycles. The van der Waals surface area contributed by atoms with Gasteiger partial charge in [0.1, 0.15) is 0 Å². The topological polar surface area (TPSA) is 40.5 Å². The first-order valence-corrected chi connectivity index (χ1v) is 11.8. The van der Waals surface area contributed by atoms with Gasteiger partial charge in [-0.25, -0.2) is 0 Å². The number of carbonyl (C=O) groups excluding carboxylic acids is 1. The summed E-state index contributed by atoms with van der Waals surface area (Å²) in [5.41, 5.74) is 3.00. The molecular formula is C21H16ClNO2SSe. The van der Waals surface area contributed by atoms with E-state index in [2.05, 4.69) is 17.5 Å². The van der Waals surface area contributed by atoms with Crippen LogP contribution in [-0.4, -0.2) is 37.9 Å². The van der Waals surface area contributed by atoms with Gasteiger partial charge in [-0.1, -0.05) is 0 Å². The normalized spacial score (nSPS) is 16.4. The van der Waals surface area contributed by atoms with Crippen LogP contribution in [0.4, 0.5) is 5.69 Å². The Hall–Kier alpha value is -1.78. The summed E-state index contributed by atoms with van der Waals surface area (Å²) in [7, 11) is 0. The van der Waals surface area contributed by atoms with Crippen molar-refractivity contribution in [3.8, 4) is 5.75 Å². The number of carbonyl (C=O) groups is 1. The number of thiophene rings is 1. The molecule has 0 saturated carbocycles. The van der Waals surface area contributed by atoms with Crippen molar-refractivity contribution < 1.29 is 9.90 Å². The average Bonchev–Trinajstić information content (AvgIpc) is 3.33. The molecule has 1 atom stereocenters. The minimum atomic E-state index is 0.0404. The quantitative estimate of drug-likeness (QED) is 0.334. The van der Waals surface area contributed by atoms with Crippen LogP contribution >= 0.6 is 22.9 Å². The van der Waals surface area contributed by atoms with E-state index in [0.29, 0.717) is 12.4 Å². The summed E-state index contributed by atoms with van der Waals surface area (Å²) < 4.78 is 3.35. The molecule has 1 aliphatic rings. The van der Waals surface area contributed by atoms with Crippen molar-refractivity contribution >= 4 is 68.8 Å². The van der Waals surface area contributed by atoms with Crippen molar-refractivity contribution in [2.45, 2.75) is 12.8 Å². The molecule has 2 aromatic carbocycles. The number of aryl methyl sites for hydroxylation is 1. The molecule has 1 N–H and O–H groups in total. The number of fused-ring (bicyclic) bond motifs is 4. The molecule has 0 unspecified atom stereocenters. The zero-order chi connectivity index (χ0) is 18.7. The van der Waals surface area contributed by atoms with E-state index in [4.69, 9.17) is 11.6 Å². The summed E-state index contributed by atoms with van der Waals surface area (Å²) in [5.74, 6) is 0.766. The number of anilines is 1. The molecule has 0 radical (unpaired) electrons. The molecule has 0 spiro atoms. The predicted octanol–water partition coefficient (Wildman–Crippen LogP) is 5.11. The molecule has 0 saturated heterocycles. The van der Waals surface area contributed by atoms with E-state index >= 15 is 0 Å². The molecule has 0 aliphatic carbocycles. The van der Waals surface area contributed by atoms with E-state index in [0.717, 1.165) is 32.0 Å². The van der Waals surface area contributed by atoms with Gasteiger partial charge in [0.25, 0.3) is 0 Å². The van der Waals surface area contributed by atoms with Crippen molar-refractivity contribution in [2.24, 2.45) is 0 Å². The molecule has 5 rings (SSSR count). The summed E-state index contributed by atoms with van der Waals surface area (Å²) >= 11 is 8.01. The van der Waals surface area contributed by atoms with E-state index < -0.39 is 0 Å². The second-order valence-electron chi connectivity index (χ2n) is 6.90. The summed E-state index contributed by atoms with van der Waals surface area (Å²) in [6, 6.07) is 11.9. The maximum atomic E-state index is 13.3. The van der Waals surface area contributed by atoms with Crippen LogP contribution in [0.15, 0.2) is 41.8 Å². The number of nitrogens with zero attached hydrogens (tertiary/aromatic N) is 1. The molecule has 6 heteroatoms. The Labute approximate surface area is 171 Å². The van der Waals surface area contributed by atoms with Crippen molar-refractivity contribution in [3.63, 3.8) is 0 Å². The van der Waals surface area contributed by atoms with Crippen LogP contribution < -0.4 is 4.90 Å². The minimum absolute atomic E-state index is 0.0404. The number of alkyl halides is 1. The molecule has 2 aromatic heterocycles. The van der Waals surface area contributed by atoms with E-state index in [9.17, 15) is 9.90 Å². The Morgan fingerprint density at radius 1 is 1.30 bits per heavy atom. The van der Waals surface area contributed by atoms with E-state index in [1.54, 1.807) is 17.4 Å². The Morgan fingerprint density at radius 2 is 2.15 bits per heavy atom. The molecule has 3 nitrogen and oxygen atoms in total. The van der Waals surface area contributed by atoms with Gasteiger partial charge < -0.3 is 0 Å². The van der Waals surface area contributed by atoms with Crippen LogP contribution in [0.25, 0.3) is 19.7 Å². The third-order valence-electron chi connectivity index (χ3n) is 5.17. The van der Waals surface area contributed by atoms with Crippen molar-refractivity contribution in [1.82, 2.24) is 0 Å². The second kappa shape index (κ2) is 6.39. The molecule has 1 amide bonds. The fourth-order valence-electron chi connectivity index (χ4n) is 3.91. The third kappa shape index (κ3) is 2.65. The number of rotatable bonds is 2. The van der Waals surface area contributed by atoms with Gasteiger partial charge in [-0.15, -0.1) is 0 Å². The molecule has 0 fully saturated rings. The Bertz CT molecular complexity index is 1180. The number of benzene rings is 2. The Kier molecular flexibility index (Phi) is 4.10. The number of halogens is 1. The van der Waals surface area contributed by atoms with Crippen molar-refractivity contribution in [2.75, 3.05) is 17.3 Å². The van der Waals surface area contributed by atoms with Crippen LogP contribution in [0.2, 0.25) is 0 Å². The summed E-state index contributed by atoms with van der Waals surface area (Å²) in [5, 5.41) is 14.5. The average molecular weight is 461 g/mol. The number of phenols is 1. The molecule has 0 bridgehead atoms. The molecule has 3 heterocycles. The van der Waals surface area contributed by atoms with Gasteiger partial charge in [0.15, 0.2) is 0 Å². The van der Waals surface area contributed by atoms with Crippen LogP contribution in [0.3, 0.4) is 0 Å². The summed E-state index contributed by atoms with van der Waals surface area (Å²) in [6.07, 6.45) is 0. The zero-order valence-electron chi connectivity index (χ0n) is 14.5. The fourth-order valence-corrected chi connectivity index (χ4v) is 7.67. The van der Waals surface area contributed by atoms with Gasteiger partial charge in [-0.2, -0.15) is 0 Å². The number of aromatic hydroxyl groups is 1. The van der Waals surface area contributed by atoms with Gasteiger partial charge in [0.05, 0.1) is 0 Å². The first-order chi connectivity index (χ1) is 13.1. The van der Waals surface area contributed by atoms with E-state index in [-0.39, 0.29) is 32.1 Å². The first-order valence-electron chi connectivity index (χ1n) is 8.68. The number of phenolic OH excluding ortho intramolecular Hbond substituents is 1. The van der Waals surface area contributed by atoms with Crippen molar-refractivity contribution in [3.05, 3.63) is 57.3 Å². The summed E-state index contributed by atoms with van der Waals surface area (Å²) in [6.45, 7) is 2.60. The second-order valence-corrected chi connectivity index (χ2v) is 10.4. The maximum absolute atomic E-state index is 13.3. The van der Waals surface area contributed by atoms with Crippen LogP contribution in [-0.2, 0) is 0 Å². The number of hydrogen-bond acceptors (Lipinski definition) is 3. The molecular weight excluding hydrogens is 445 g/mol. The van der Waals surface area contributed by atoms with Gasteiger partial charge in [0, 0.05) is 0 Å². The SMILES string of the molecule is Cc1ccc2c(O)cc3c(c2c1)[C@H](CCl)CN3C(=O)c1cc2sccc2[se]1. The number of hydrogen-bond donors (Lipinski definition) is 1. The van der Waals surface area contributed by atoms with Gasteiger partial charge in [-0.3, -0.25) is 0 Å². The van der Waals surface area contributed by atoms with Crippen LogP contribution in [0.1, 0.15) is 26.3 Å². The number of amides is 1. The summed E-state index contributed by atoms with van der Waals surface area (Å²) in [4.78, 5) is 15.1. The third-order valence-corrected chi connectivity index (χ3v) is 8.99. The van der Waals surface area contributed by atoms with Crippen LogP contribution in [0, 0.1) is 6.92 Å². The molecule has 136 valence electrons. The van der Waals surface area contributed by atoms with Gasteiger partial charge in [-0.05, 0) is 0 Å². The van der Waals surface area contributed by atoms with Gasteiger partial charge >= 0.3 is 172 Å². The first kappa shape index (κ1) is 17.3. The molecule has 4 aromatic rings. The Balaban J connectivity index is 1.68. The van der Waals surface area contributed by atoms with Crippen LogP contribution in [0.5, 0.6) is 5.75 Å². The zero-order valence-corrected chi connectivity index (χ0v) is 17.8. The van der Waals surface area contributed by atoms with E-state index in [1.807, 2.05) is 30.0 Å². The standard InChI is InChI=1S/C21H16ClNO2SSe/c1-11-2-3-13-14(6-11)20-12(9-22)10-23(15(20)7-16(13)24)21(25)19-8-17-18(27-19)4-5-26-17/h2-8,12,24H,9-10H2,1H3/t12-/m1/s1. The monoisotopic (exact) mass is 461 g/mol. The Morgan fingerprint density at radius 3 is 2.93 bits per heavy atom. The molecule has 27 heavy (non-hydrogen) atoms. The van der Waals surface area contributed by atoms with Crippen molar-refractivity contribution in [1.29, 1.82) is 0 Å². The predicted molar refractivity (Wildman–Crippen MR) is 114 cm³/mol.